The van der Waals surface area contributed by atoms with Crippen molar-refractivity contribution in [2.24, 2.45) is 0 Å². The molecule has 4 aromatic rings. The number of aromatic nitrogens is 4. The lowest BCUT2D eigenvalue weighted by Crippen LogP contribution is -2.35. The van der Waals surface area contributed by atoms with Gasteiger partial charge in [0.05, 0.1) is 48.2 Å². The van der Waals surface area contributed by atoms with E-state index in [1.807, 2.05) is 11.4 Å². The molecule has 186 valence electrons. The van der Waals surface area contributed by atoms with Crippen LogP contribution < -0.4 is 15.4 Å². The lowest BCUT2D eigenvalue weighted by atomic mass is 10.2. The quantitative estimate of drug-likeness (QED) is 0.346. The van der Waals surface area contributed by atoms with E-state index in [4.69, 9.17) is 4.74 Å². The van der Waals surface area contributed by atoms with Gasteiger partial charge in [0.2, 0.25) is 5.91 Å². The molecule has 4 aromatic heterocycles. The number of carbonyl (C=O) groups excluding carboxylic acids is 2. The van der Waals surface area contributed by atoms with Crippen molar-refractivity contribution in [2.45, 2.75) is 32.7 Å². The molecule has 1 fully saturated rings. The Kier molecular flexibility index (Phi) is 6.66. The predicted molar refractivity (Wildman–Crippen MR) is 140 cm³/mol. The van der Waals surface area contributed by atoms with E-state index < -0.39 is 0 Å². The van der Waals surface area contributed by atoms with Gasteiger partial charge in [-0.25, -0.2) is 9.97 Å². The molecule has 1 aliphatic heterocycles. The van der Waals surface area contributed by atoms with Crippen LogP contribution in [0.5, 0.6) is 5.19 Å². The summed E-state index contributed by atoms with van der Waals surface area (Å²) in [6, 6.07) is 5.81. The monoisotopic (exact) mass is 505 g/mol. The van der Waals surface area contributed by atoms with Crippen LogP contribution in [-0.2, 0) is 4.79 Å². The van der Waals surface area contributed by atoms with Crippen molar-refractivity contribution in [2.75, 3.05) is 30.8 Å². The summed E-state index contributed by atoms with van der Waals surface area (Å²) >= 11 is 1.40. The predicted octanol–water partition coefficient (Wildman–Crippen LogP) is 4.07. The summed E-state index contributed by atoms with van der Waals surface area (Å²) in [5.74, 6) is -0.413. The van der Waals surface area contributed by atoms with E-state index in [2.05, 4.69) is 42.4 Å². The third-order valence-electron chi connectivity index (χ3n) is 6.32. The zero-order valence-electron chi connectivity index (χ0n) is 20.3. The molecular weight excluding hydrogens is 478 g/mol. The Morgan fingerprint density at radius 1 is 1.22 bits per heavy atom. The second-order valence-corrected chi connectivity index (χ2v) is 9.69. The number of amides is 2. The summed E-state index contributed by atoms with van der Waals surface area (Å²) < 4.78 is 5.17. The molecule has 11 heteroatoms. The molecule has 1 saturated heterocycles. The van der Waals surface area contributed by atoms with E-state index in [-0.39, 0.29) is 11.8 Å². The molecule has 2 amide bonds. The summed E-state index contributed by atoms with van der Waals surface area (Å²) in [4.78, 5) is 44.1. The number of likely N-dealkylation sites (tertiary alicyclic amines) is 1. The summed E-state index contributed by atoms with van der Waals surface area (Å²) in [7, 11) is 1.58. The Morgan fingerprint density at radius 2 is 2.08 bits per heavy atom. The summed E-state index contributed by atoms with van der Waals surface area (Å²) in [5.41, 5.74) is 4.31. The first kappa shape index (κ1) is 23.9. The maximum absolute atomic E-state index is 13.0. The van der Waals surface area contributed by atoms with Crippen molar-refractivity contribution in [3.8, 4) is 16.6 Å². The van der Waals surface area contributed by atoms with Gasteiger partial charge in [-0.1, -0.05) is 11.3 Å². The second kappa shape index (κ2) is 10.0. The topological polar surface area (TPSA) is 125 Å². The number of nitrogens with zero attached hydrogens (tertiary/aromatic N) is 4. The van der Waals surface area contributed by atoms with Gasteiger partial charge in [-0.3, -0.25) is 19.5 Å². The van der Waals surface area contributed by atoms with Crippen LogP contribution >= 0.6 is 11.3 Å². The number of methoxy groups -OCH3 is 1. The van der Waals surface area contributed by atoms with Crippen LogP contribution in [0.4, 0.5) is 11.4 Å². The van der Waals surface area contributed by atoms with Gasteiger partial charge in [0.1, 0.15) is 11.3 Å². The van der Waals surface area contributed by atoms with Crippen molar-refractivity contribution in [1.29, 1.82) is 0 Å². The highest BCUT2D eigenvalue weighted by molar-refractivity contribution is 7.11. The van der Waals surface area contributed by atoms with E-state index in [1.165, 1.54) is 17.5 Å². The maximum Gasteiger partial charge on any atom is 0.273 e. The van der Waals surface area contributed by atoms with Crippen molar-refractivity contribution >= 4 is 45.6 Å². The number of carbonyl (C=O) groups is 2. The number of hydrogen-bond donors (Lipinski definition) is 3. The first-order valence-corrected chi connectivity index (χ1v) is 12.6. The highest BCUT2D eigenvalue weighted by atomic mass is 32.1. The largest absolute Gasteiger partial charge is 0.473 e. The Balaban J connectivity index is 1.29. The Bertz CT molecular complexity index is 1430. The number of rotatable bonds is 7. The number of aromatic amines is 1. The van der Waals surface area contributed by atoms with Gasteiger partial charge in [-0.15, -0.1) is 0 Å². The van der Waals surface area contributed by atoms with E-state index in [0.717, 1.165) is 36.2 Å². The molecule has 5 heterocycles. The van der Waals surface area contributed by atoms with Crippen LogP contribution in [-0.4, -0.2) is 62.9 Å². The molecule has 36 heavy (non-hydrogen) atoms. The second-order valence-electron chi connectivity index (χ2n) is 8.87. The van der Waals surface area contributed by atoms with Crippen LogP contribution in [0.3, 0.4) is 0 Å². The normalized spacial score (nSPS) is 15.8. The van der Waals surface area contributed by atoms with Crippen LogP contribution in [0, 0.1) is 6.92 Å². The van der Waals surface area contributed by atoms with Crippen molar-refractivity contribution < 1.29 is 14.3 Å². The maximum atomic E-state index is 13.0. The fourth-order valence-corrected chi connectivity index (χ4v) is 4.93. The van der Waals surface area contributed by atoms with Gasteiger partial charge >= 0.3 is 0 Å². The van der Waals surface area contributed by atoms with Gasteiger partial charge in [-0.2, -0.15) is 0 Å². The Hall–Kier alpha value is -3.83. The Morgan fingerprint density at radius 3 is 2.83 bits per heavy atom. The lowest BCUT2D eigenvalue weighted by molar-refractivity contribution is -0.117. The van der Waals surface area contributed by atoms with Gasteiger partial charge in [0.25, 0.3) is 11.1 Å². The molecule has 0 unspecified atom stereocenters. The van der Waals surface area contributed by atoms with Gasteiger partial charge in [-0.05, 0) is 51.4 Å². The Labute approximate surface area is 212 Å². The average molecular weight is 506 g/mol. The molecule has 3 N–H and O–H groups in total. The molecule has 1 atom stereocenters. The molecule has 5 rings (SSSR count). The minimum absolute atomic E-state index is 0.0951. The van der Waals surface area contributed by atoms with Crippen LogP contribution in [0.1, 0.15) is 35.8 Å². The fourth-order valence-electron chi connectivity index (χ4n) is 4.29. The van der Waals surface area contributed by atoms with E-state index in [9.17, 15) is 9.59 Å². The molecule has 0 aliphatic carbocycles. The third-order valence-corrected chi connectivity index (χ3v) is 7.12. The number of fused-ring (bicyclic) bond motifs is 1. The molecular formula is C25H27N7O3S. The third kappa shape index (κ3) is 5.07. The van der Waals surface area contributed by atoms with Crippen molar-refractivity contribution in [3.05, 3.63) is 47.2 Å². The summed E-state index contributed by atoms with van der Waals surface area (Å²) in [5, 5.41) is 9.04. The SMILES string of the molecule is COc1nc(-c2cc3cc(C(=O)Nc4cc(NC(=O)CN5CCC[C@@H]5C)cnc4C)cnc3[nH]2)cs1. The van der Waals surface area contributed by atoms with Crippen molar-refractivity contribution in [1.82, 2.24) is 24.8 Å². The first-order chi connectivity index (χ1) is 17.4. The summed E-state index contributed by atoms with van der Waals surface area (Å²) in [6.07, 6.45) is 5.34. The van der Waals surface area contributed by atoms with E-state index >= 15 is 0 Å². The molecule has 1 aliphatic rings. The molecule has 0 aromatic carbocycles. The smallest absolute Gasteiger partial charge is 0.273 e. The van der Waals surface area contributed by atoms with Crippen molar-refractivity contribution in [3.63, 3.8) is 0 Å². The van der Waals surface area contributed by atoms with E-state index in [0.29, 0.717) is 46.1 Å². The number of pyridine rings is 2. The zero-order valence-corrected chi connectivity index (χ0v) is 21.1. The number of aryl methyl sites for hydroxylation is 1. The molecule has 0 spiro atoms. The molecule has 0 bridgehead atoms. The van der Waals surface area contributed by atoms with Gasteiger partial charge < -0.3 is 20.4 Å². The van der Waals surface area contributed by atoms with Gasteiger partial charge in [0, 0.05) is 23.0 Å². The zero-order chi connectivity index (χ0) is 25.2. The lowest BCUT2D eigenvalue weighted by Gasteiger charge is -2.20. The highest BCUT2D eigenvalue weighted by Gasteiger charge is 2.22. The number of nitrogens with one attached hydrogen (secondary N) is 3. The molecule has 0 saturated carbocycles. The van der Waals surface area contributed by atoms with Crippen LogP contribution in [0.15, 0.2) is 36.0 Å². The highest BCUT2D eigenvalue weighted by Crippen LogP contribution is 2.28. The number of H-pyrrole nitrogens is 1. The minimum atomic E-state index is -0.318. The first-order valence-electron chi connectivity index (χ1n) is 11.7. The minimum Gasteiger partial charge on any atom is -0.473 e. The summed E-state index contributed by atoms with van der Waals surface area (Å²) in [6.45, 7) is 5.21. The van der Waals surface area contributed by atoms with Gasteiger partial charge in [0.15, 0.2) is 0 Å². The number of anilines is 2. The standard InChI is InChI=1S/C25H27N7O3S/c1-14-5-4-6-32(14)12-22(33)28-18-9-19(15(2)26-11-18)30-24(34)17-7-16-8-20(29-23(16)27-10-17)21-13-36-25(31-21)35-3/h7-11,13-14H,4-6,12H2,1-3H3,(H,27,29)(H,28,33)(H,30,34)/t14-/m0/s1. The number of ether oxygens (including phenoxy) is 1. The molecule has 0 radical (unpaired) electrons. The number of hydrogen-bond acceptors (Lipinski definition) is 8. The molecule has 10 nitrogen and oxygen atoms in total. The number of thiazole rings is 1. The average Bonchev–Trinajstić information content (AvgIpc) is 3.60. The fraction of sp³-hybridized carbons (Fsp3) is 0.320. The van der Waals surface area contributed by atoms with Crippen LogP contribution in [0.25, 0.3) is 22.4 Å². The van der Waals surface area contributed by atoms with Crippen LogP contribution in [0.2, 0.25) is 0 Å². The van der Waals surface area contributed by atoms with E-state index in [1.54, 1.807) is 32.4 Å².